The van der Waals surface area contributed by atoms with Crippen molar-refractivity contribution in [2.75, 3.05) is 6.54 Å². The van der Waals surface area contributed by atoms with Crippen LogP contribution >= 0.6 is 39.5 Å². The largest absolute Gasteiger partial charge is 0.392 e. The van der Waals surface area contributed by atoms with Crippen molar-refractivity contribution in [1.82, 2.24) is 4.72 Å². The summed E-state index contributed by atoms with van der Waals surface area (Å²) in [5.74, 6) is 0. The summed E-state index contributed by atoms with van der Waals surface area (Å²) in [4.78, 5) is 0.117. The molecule has 15 heavy (non-hydrogen) atoms. The first-order chi connectivity index (χ1) is 6.83. The molecule has 84 valence electrons. The van der Waals surface area contributed by atoms with Gasteiger partial charge < -0.3 is 5.73 Å². The lowest BCUT2D eigenvalue weighted by Gasteiger charge is -2.02. The van der Waals surface area contributed by atoms with E-state index in [-0.39, 0.29) is 15.7 Å². The summed E-state index contributed by atoms with van der Waals surface area (Å²) in [5, 5.41) is 0. The van der Waals surface area contributed by atoms with Crippen LogP contribution < -0.4 is 10.5 Å². The van der Waals surface area contributed by atoms with Gasteiger partial charge in [-0.3, -0.25) is 0 Å². The van der Waals surface area contributed by atoms with E-state index in [4.69, 9.17) is 5.73 Å². The highest BCUT2D eigenvalue weighted by Crippen LogP contribution is 2.30. The van der Waals surface area contributed by atoms with Crippen molar-refractivity contribution < 1.29 is 8.42 Å². The molecule has 0 unspecified atom stereocenters. The van der Waals surface area contributed by atoms with Gasteiger partial charge in [0, 0.05) is 0 Å². The number of thiophene rings is 1. The Bertz CT molecular complexity index is 461. The number of hydrogen-bond acceptors (Lipinski definition) is 4. The average Bonchev–Trinajstić information content (AvgIpc) is 2.45. The normalized spacial score (nSPS) is 11.6. The van der Waals surface area contributed by atoms with Crippen LogP contribution in [0.4, 0.5) is 0 Å². The number of rotatable bonds is 4. The Balaban J connectivity index is 2.91. The molecule has 0 radical (unpaired) electrons. The lowest BCUT2D eigenvalue weighted by atomic mass is 10.4. The molecule has 0 bridgehead atoms. The molecule has 0 aliphatic rings. The minimum atomic E-state index is -3.49. The van der Waals surface area contributed by atoms with Crippen molar-refractivity contribution in [2.24, 2.45) is 5.73 Å². The van der Waals surface area contributed by atoms with Gasteiger partial charge in [-0.2, -0.15) is 0 Å². The molecule has 0 aliphatic heterocycles. The maximum atomic E-state index is 11.7. The second-order valence-corrected chi connectivity index (χ2v) is 7.70. The van der Waals surface area contributed by atoms with Crippen molar-refractivity contribution in [3.05, 3.63) is 15.4 Å². The lowest BCUT2D eigenvalue weighted by molar-refractivity contribution is 0.588. The Morgan fingerprint density at radius 1 is 1.73 bits per heavy atom. The average molecular weight is 329 g/mol. The highest BCUT2D eigenvalue weighted by Gasteiger charge is 2.17. The number of thiocarbonyl (C=S) groups is 1. The van der Waals surface area contributed by atoms with Crippen LogP contribution in [0.15, 0.2) is 14.1 Å². The predicted molar refractivity (Wildman–Crippen MR) is 68.7 cm³/mol. The van der Waals surface area contributed by atoms with Gasteiger partial charge in [-0.05, 0) is 34.5 Å². The van der Waals surface area contributed by atoms with Crippen LogP contribution in [0, 0.1) is 6.92 Å². The van der Waals surface area contributed by atoms with E-state index in [0.29, 0.717) is 0 Å². The van der Waals surface area contributed by atoms with E-state index in [0.717, 1.165) is 20.7 Å². The van der Waals surface area contributed by atoms with E-state index in [9.17, 15) is 8.42 Å². The van der Waals surface area contributed by atoms with E-state index >= 15 is 0 Å². The molecule has 1 heterocycles. The molecule has 4 nitrogen and oxygen atoms in total. The predicted octanol–water partition coefficient (Wildman–Crippen LogP) is 1.38. The molecule has 3 N–H and O–H groups in total. The summed E-state index contributed by atoms with van der Waals surface area (Å²) in [7, 11) is -3.49. The maximum Gasteiger partial charge on any atom is 0.250 e. The van der Waals surface area contributed by atoms with Gasteiger partial charge in [-0.25, -0.2) is 13.1 Å². The minimum Gasteiger partial charge on any atom is -0.392 e. The van der Waals surface area contributed by atoms with E-state index in [2.05, 4.69) is 32.9 Å². The molecule has 0 aromatic carbocycles. The molecule has 0 amide bonds. The molecule has 0 saturated heterocycles. The van der Waals surface area contributed by atoms with Crippen LogP contribution in [-0.4, -0.2) is 20.0 Å². The highest BCUT2D eigenvalue weighted by molar-refractivity contribution is 9.11. The molecule has 1 rings (SSSR count). The van der Waals surface area contributed by atoms with Crippen LogP contribution in [0.2, 0.25) is 0 Å². The van der Waals surface area contributed by atoms with Gasteiger partial charge in [0.15, 0.2) is 0 Å². The van der Waals surface area contributed by atoms with Gasteiger partial charge in [-0.1, -0.05) is 12.2 Å². The van der Waals surface area contributed by atoms with Crippen LogP contribution in [0.25, 0.3) is 0 Å². The van der Waals surface area contributed by atoms with Crippen molar-refractivity contribution in [3.63, 3.8) is 0 Å². The topological polar surface area (TPSA) is 72.2 Å². The van der Waals surface area contributed by atoms with Crippen LogP contribution in [0.1, 0.15) is 5.56 Å². The Morgan fingerprint density at radius 2 is 2.33 bits per heavy atom. The summed E-state index contributed by atoms with van der Waals surface area (Å²) in [5.41, 5.74) is 6.10. The number of hydrogen-bond donors (Lipinski definition) is 2. The summed E-state index contributed by atoms with van der Waals surface area (Å²) >= 11 is 9.01. The first-order valence-corrected chi connectivity index (χ1v) is 7.37. The smallest absolute Gasteiger partial charge is 0.250 e. The molecular weight excluding hydrogens is 320 g/mol. The fourth-order valence-electron chi connectivity index (χ4n) is 0.801. The van der Waals surface area contributed by atoms with Gasteiger partial charge in [0.1, 0.15) is 4.21 Å². The molecule has 1 aromatic heterocycles. The third-order valence-electron chi connectivity index (χ3n) is 1.54. The Labute approximate surface area is 106 Å². The lowest BCUT2D eigenvalue weighted by Crippen LogP contribution is -2.31. The van der Waals surface area contributed by atoms with Gasteiger partial charge >= 0.3 is 0 Å². The number of sulfonamides is 1. The summed E-state index contributed by atoms with van der Waals surface area (Å²) in [6, 6.07) is 1.59. The van der Waals surface area contributed by atoms with Crippen LogP contribution in [0.3, 0.4) is 0 Å². The van der Waals surface area contributed by atoms with Crippen molar-refractivity contribution in [2.45, 2.75) is 11.1 Å². The van der Waals surface area contributed by atoms with Crippen molar-refractivity contribution >= 4 is 54.5 Å². The second-order valence-electron chi connectivity index (χ2n) is 2.81. The van der Waals surface area contributed by atoms with Crippen molar-refractivity contribution in [3.8, 4) is 0 Å². The maximum absolute atomic E-state index is 11.7. The zero-order valence-electron chi connectivity index (χ0n) is 7.78. The summed E-state index contributed by atoms with van der Waals surface area (Å²) < 4.78 is 26.7. The molecule has 1 aromatic rings. The fraction of sp³-hybridized carbons (Fsp3) is 0.286. The van der Waals surface area contributed by atoms with Gasteiger partial charge in [0.2, 0.25) is 10.0 Å². The first kappa shape index (κ1) is 13.0. The molecule has 0 aliphatic carbocycles. The van der Waals surface area contributed by atoms with Crippen LogP contribution in [-0.2, 0) is 10.0 Å². The quantitative estimate of drug-likeness (QED) is 0.819. The Hall–Kier alpha value is -0.0200. The third-order valence-corrected chi connectivity index (χ3v) is 5.69. The SMILES string of the molecule is Cc1cc(S(=O)(=O)NCC(N)=S)sc1Br. The highest BCUT2D eigenvalue weighted by atomic mass is 79.9. The summed E-state index contributed by atoms with van der Waals surface area (Å²) in [6.45, 7) is 1.80. The molecule has 0 saturated carbocycles. The zero-order chi connectivity index (χ0) is 11.6. The number of halogens is 1. The first-order valence-electron chi connectivity index (χ1n) is 3.87. The molecule has 0 spiro atoms. The zero-order valence-corrected chi connectivity index (χ0v) is 11.8. The van der Waals surface area contributed by atoms with E-state index in [1.165, 1.54) is 0 Å². The molecule has 8 heteroatoms. The molecule has 0 fully saturated rings. The molecule has 0 atom stereocenters. The summed E-state index contributed by atoms with van der Waals surface area (Å²) in [6.07, 6.45) is 0. The Kier molecular flexibility index (Phi) is 4.24. The minimum absolute atomic E-state index is 0.0216. The van der Waals surface area contributed by atoms with E-state index < -0.39 is 10.0 Å². The molecular formula is C7H9BrN2O2S3. The Morgan fingerprint density at radius 3 is 2.73 bits per heavy atom. The van der Waals surface area contributed by atoms with Gasteiger partial charge in [0.25, 0.3) is 0 Å². The van der Waals surface area contributed by atoms with Gasteiger partial charge in [0.05, 0.1) is 15.3 Å². The fourth-order valence-corrected chi connectivity index (χ4v) is 4.24. The standard InChI is InChI=1S/C7H9BrN2O2S3/c1-4-2-6(14-7(4)8)15(11,12)10-3-5(9)13/h2,10H,3H2,1H3,(H2,9,13). The van der Waals surface area contributed by atoms with E-state index in [1.807, 2.05) is 6.92 Å². The van der Waals surface area contributed by atoms with Crippen LogP contribution in [0.5, 0.6) is 0 Å². The van der Waals surface area contributed by atoms with E-state index in [1.54, 1.807) is 6.07 Å². The van der Waals surface area contributed by atoms with Crippen molar-refractivity contribution in [1.29, 1.82) is 0 Å². The third kappa shape index (κ3) is 3.49. The number of nitrogens with two attached hydrogens (primary N) is 1. The second kappa shape index (κ2) is 4.88. The number of aryl methyl sites for hydroxylation is 1. The monoisotopic (exact) mass is 328 g/mol. The number of nitrogens with one attached hydrogen (secondary N) is 1. The van der Waals surface area contributed by atoms with Gasteiger partial charge in [-0.15, -0.1) is 11.3 Å².